The predicted molar refractivity (Wildman–Crippen MR) is 88.8 cm³/mol. The van der Waals surface area contributed by atoms with Crippen LogP contribution in [-0.2, 0) is 13.0 Å². The number of hydrogen-bond donors (Lipinski definition) is 3. The summed E-state index contributed by atoms with van der Waals surface area (Å²) in [5.74, 6) is 0.841. The lowest BCUT2D eigenvalue weighted by Gasteiger charge is -2.19. The number of benzene rings is 2. The molecule has 0 bridgehead atoms. The molecule has 2 atom stereocenters. The average Bonchev–Trinajstić information content (AvgIpc) is 2.56. The van der Waals surface area contributed by atoms with Crippen molar-refractivity contribution < 1.29 is 9.84 Å². The second-order valence-corrected chi connectivity index (χ2v) is 5.40. The molecule has 0 spiro atoms. The van der Waals surface area contributed by atoms with E-state index in [2.05, 4.69) is 5.32 Å². The molecule has 22 heavy (non-hydrogen) atoms. The minimum absolute atomic E-state index is 0.272. The SMILES string of the molecule is COc1ccc(CNC[C@@H](O)[C@@H](N)Cc2ccccc2)cc1. The zero-order chi connectivity index (χ0) is 15.8. The normalized spacial score (nSPS) is 13.6. The van der Waals surface area contributed by atoms with E-state index in [9.17, 15) is 5.11 Å². The molecule has 0 amide bonds. The molecule has 0 unspecified atom stereocenters. The van der Waals surface area contributed by atoms with Crippen molar-refractivity contribution in [2.24, 2.45) is 5.73 Å². The smallest absolute Gasteiger partial charge is 0.118 e. The van der Waals surface area contributed by atoms with Crippen LogP contribution in [0.1, 0.15) is 11.1 Å². The second-order valence-electron chi connectivity index (χ2n) is 5.40. The molecule has 4 N–H and O–H groups in total. The number of aliphatic hydroxyl groups is 1. The van der Waals surface area contributed by atoms with Gasteiger partial charge in [0, 0.05) is 19.1 Å². The molecule has 2 rings (SSSR count). The van der Waals surface area contributed by atoms with E-state index < -0.39 is 6.10 Å². The Morgan fingerprint density at radius 1 is 1.05 bits per heavy atom. The molecule has 4 nitrogen and oxygen atoms in total. The highest BCUT2D eigenvalue weighted by Gasteiger charge is 2.14. The van der Waals surface area contributed by atoms with Gasteiger partial charge in [0.2, 0.25) is 0 Å². The van der Waals surface area contributed by atoms with Crippen molar-refractivity contribution in [3.63, 3.8) is 0 Å². The fourth-order valence-electron chi connectivity index (χ4n) is 2.28. The van der Waals surface area contributed by atoms with Gasteiger partial charge in [0.05, 0.1) is 13.2 Å². The van der Waals surface area contributed by atoms with Crippen LogP contribution >= 0.6 is 0 Å². The number of hydrogen-bond acceptors (Lipinski definition) is 4. The minimum Gasteiger partial charge on any atom is -0.497 e. The van der Waals surface area contributed by atoms with Crippen molar-refractivity contribution in [2.45, 2.75) is 25.1 Å². The Kier molecular flexibility index (Phi) is 6.40. The van der Waals surface area contributed by atoms with Crippen LogP contribution in [0.25, 0.3) is 0 Å². The quantitative estimate of drug-likeness (QED) is 0.694. The van der Waals surface area contributed by atoms with Gasteiger partial charge in [-0.1, -0.05) is 42.5 Å². The van der Waals surface area contributed by atoms with E-state index in [-0.39, 0.29) is 6.04 Å². The number of methoxy groups -OCH3 is 1. The van der Waals surface area contributed by atoms with E-state index in [0.717, 1.165) is 16.9 Å². The monoisotopic (exact) mass is 300 g/mol. The number of aliphatic hydroxyl groups excluding tert-OH is 1. The van der Waals surface area contributed by atoms with E-state index in [1.54, 1.807) is 7.11 Å². The highest BCUT2D eigenvalue weighted by molar-refractivity contribution is 5.27. The second kappa shape index (κ2) is 8.54. The number of nitrogens with two attached hydrogens (primary N) is 1. The standard InChI is InChI=1S/C18H24N2O2/c1-22-16-9-7-15(8-10-16)12-20-13-18(21)17(19)11-14-5-3-2-4-6-14/h2-10,17-18,20-21H,11-13,19H2,1H3/t17-,18+/m0/s1. The molecule has 0 saturated heterocycles. The van der Waals surface area contributed by atoms with Gasteiger partial charge in [-0.05, 0) is 29.7 Å². The van der Waals surface area contributed by atoms with E-state index in [1.165, 1.54) is 0 Å². The average molecular weight is 300 g/mol. The minimum atomic E-state index is -0.571. The van der Waals surface area contributed by atoms with Crippen molar-refractivity contribution >= 4 is 0 Å². The summed E-state index contributed by atoms with van der Waals surface area (Å²) in [7, 11) is 1.65. The van der Waals surface area contributed by atoms with Crippen LogP contribution < -0.4 is 15.8 Å². The summed E-state index contributed by atoms with van der Waals surface area (Å²) >= 11 is 0. The van der Waals surface area contributed by atoms with Gasteiger partial charge in [-0.3, -0.25) is 0 Å². The maximum atomic E-state index is 10.1. The summed E-state index contributed by atoms with van der Waals surface area (Å²) in [5.41, 5.74) is 8.35. The van der Waals surface area contributed by atoms with Crippen LogP contribution in [0.2, 0.25) is 0 Å². The van der Waals surface area contributed by atoms with Crippen LogP contribution in [0.4, 0.5) is 0 Å². The van der Waals surface area contributed by atoms with Gasteiger partial charge in [-0.15, -0.1) is 0 Å². The summed E-state index contributed by atoms with van der Waals surface area (Å²) in [5, 5.41) is 13.4. The molecule has 2 aromatic rings. The highest BCUT2D eigenvalue weighted by atomic mass is 16.5. The Bertz CT molecular complexity index is 543. The van der Waals surface area contributed by atoms with Gasteiger partial charge in [0.1, 0.15) is 5.75 Å². The molecule has 0 fully saturated rings. The first-order chi connectivity index (χ1) is 10.7. The fraction of sp³-hybridized carbons (Fsp3) is 0.333. The lowest BCUT2D eigenvalue weighted by atomic mass is 10.0. The third kappa shape index (κ3) is 5.15. The van der Waals surface area contributed by atoms with Gasteiger partial charge in [0.15, 0.2) is 0 Å². The van der Waals surface area contributed by atoms with Crippen LogP contribution in [0.5, 0.6) is 5.75 Å². The number of rotatable bonds is 8. The largest absolute Gasteiger partial charge is 0.497 e. The maximum Gasteiger partial charge on any atom is 0.118 e. The Labute approximate surface area is 131 Å². The van der Waals surface area contributed by atoms with Gasteiger partial charge in [0.25, 0.3) is 0 Å². The summed E-state index contributed by atoms with van der Waals surface area (Å²) in [6, 6.07) is 17.6. The van der Waals surface area contributed by atoms with E-state index >= 15 is 0 Å². The van der Waals surface area contributed by atoms with Gasteiger partial charge in [-0.25, -0.2) is 0 Å². The van der Waals surface area contributed by atoms with Crippen LogP contribution in [0.3, 0.4) is 0 Å². The molecular weight excluding hydrogens is 276 g/mol. The van der Waals surface area contributed by atoms with E-state index in [4.69, 9.17) is 10.5 Å². The molecular formula is C18H24N2O2. The lowest BCUT2D eigenvalue weighted by Crippen LogP contribution is -2.42. The van der Waals surface area contributed by atoms with Crippen LogP contribution in [0.15, 0.2) is 54.6 Å². The molecule has 0 aliphatic heterocycles. The molecule has 0 aliphatic carbocycles. The molecule has 0 saturated carbocycles. The first-order valence-electron chi connectivity index (χ1n) is 7.50. The summed E-state index contributed by atoms with van der Waals surface area (Å²) in [4.78, 5) is 0. The molecule has 2 aromatic carbocycles. The fourth-order valence-corrected chi connectivity index (χ4v) is 2.28. The van der Waals surface area contributed by atoms with Crippen molar-refractivity contribution in [1.29, 1.82) is 0 Å². The van der Waals surface area contributed by atoms with E-state index in [0.29, 0.717) is 19.5 Å². The number of ether oxygens (including phenoxy) is 1. The Morgan fingerprint density at radius 2 is 1.73 bits per heavy atom. The molecule has 0 radical (unpaired) electrons. The summed E-state index contributed by atoms with van der Waals surface area (Å²) in [6.07, 6.45) is 0.102. The van der Waals surface area contributed by atoms with Crippen molar-refractivity contribution in [3.05, 3.63) is 65.7 Å². The molecule has 0 heterocycles. The lowest BCUT2D eigenvalue weighted by molar-refractivity contribution is 0.141. The molecule has 0 aromatic heterocycles. The Balaban J connectivity index is 1.73. The zero-order valence-corrected chi connectivity index (χ0v) is 12.9. The van der Waals surface area contributed by atoms with Crippen LogP contribution in [0, 0.1) is 0 Å². The Hall–Kier alpha value is -1.88. The predicted octanol–water partition coefficient (Wildman–Crippen LogP) is 1.72. The first kappa shape index (κ1) is 16.5. The van der Waals surface area contributed by atoms with E-state index in [1.807, 2.05) is 54.6 Å². The molecule has 4 heteroatoms. The highest BCUT2D eigenvalue weighted by Crippen LogP contribution is 2.11. The third-order valence-electron chi connectivity index (χ3n) is 3.65. The van der Waals surface area contributed by atoms with Gasteiger partial charge < -0.3 is 20.9 Å². The molecule has 0 aliphatic rings. The topological polar surface area (TPSA) is 67.5 Å². The van der Waals surface area contributed by atoms with Crippen molar-refractivity contribution in [2.75, 3.05) is 13.7 Å². The molecule has 118 valence electrons. The first-order valence-corrected chi connectivity index (χ1v) is 7.50. The maximum absolute atomic E-state index is 10.1. The van der Waals surface area contributed by atoms with Gasteiger partial charge >= 0.3 is 0 Å². The zero-order valence-electron chi connectivity index (χ0n) is 12.9. The summed E-state index contributed by atoms with van der Waals surface area (Å²) in [6.45, 7) is 1.17. The number of nitrogens with one attached hydrogen (secondary N) is 1. The summed E-state index contributed by atoms with van der Waals surface area (Å²) < 4.78 is 5.12. The van der Waals surface area contributed by atoms with Gasteiger partial charge in [-0.2, -0.15) is 0 Å². The van der Waals surface area contributed by atoms with Crippen molar-refractivity contribution in [1.82, 2.24) is 5.32 Å². The Morgan fingerprint density at radius 3 is 2.36 bits per heavy atom. The van der Waals surface area contributed by atoms with Crippen LogP contribution in [-0.4, -0.2) is 30.9 Å². The third-order valence-corrected chi connectivity index (χ3v) is 3.65. The van der Waals surface area contributed by atoms with Crippen molar-refractivity contribution in [3.8, 4) is 5.75 Å².